The summed E-state index contributed by atoms with van der Waals surface area (Å²) >= 11 is 12.2. The second-order valence-corrected chi connectivity index (χ2v) is 8.93. The van der Waals surface area contributed by atoms with Gasteiger partial charge in [-0.1, -0.05) is 47.5 Å². The fourth-order valence-electron chi connectivity index (χ4n) is 4.23. The summed E-state index contributed by atoms with van der Waals surface area (Å²) in [5, 5.41) is 2.67. The van der Waals surface area contributed by atoms with Crippen molar-refractivity contribution in [3.63, 3.8) is 0 Å². The number of nitrogens with one attached hydrogen (secondary N) is 1. The highest BCUT2D eigenvalue weighted by Gasteiger charge is 2.39. The van der Waals surface area contributed by atoms with Gasteiger partial charge in [0.05, 0.1) is 37.9 Å². The average Bonchev–Trinajstić information content (AvgIpc) is 3.34. The van der Waals surface area contributed by atoms with Crippen molar-refractivity contribution in [3.05, 3.63) is 93.2 Å². The number of nitrogens with zero attached hydrogens (tertiary/aromatic N) is 3. The minimum atomic E-state index is -4.85. The highest BCUT2D eigenvalue weighted by atomic mass is 35.5. The lowest BCUT2D eigenvalue weighted by molar-refractivity contribution is -0.146. The Morgan fingerprint density at radius 2 is 1.46 bits per heavy atom. The lowest BCUT2D eigenvalue weighted by atomic mass is 10.1. The average molecular weight is 547 g/mol. The molecule has 0 radical (unpaired) electrons. The Labute approximate surface area is 217 Å². The second-order valence-electron chi connectivity index (χ2n) is 8.12. The molecule has 0 atom stereocenters. The number of carbonyl (C=O) groups is 3. The van der Waals surface area contributed by atoms with Gasteiger partial charge >= 0.3 is 6.18 Å². The summed E-state index contributed by atoms with van der Waals surface area (Å²) in [5.74, 6) is -3.12. The maximum atomic E-state index is 14.0. The van der Waals surface area contributed by atoms with Crippen LogP contribution in [0.3, 0.4) is 0 Å². The molecule has 4 aromatic rings. The Balaban J connectivity index is 1.50. The number of rotatable bonds is 5. The molecule has 37 heavy (non-hydrogen) atoms. The molecule has 188 valence electrons. The molecule has 12 heteroatoms. The summed E-state index contributed by atoms with van der Waals surface area (Å²) in [6, 6.07) is 14.9. The maximum absolute atomic E-state index is 14.0. The van der Waals surface area contributed by atoms with Gasteiger partial charge in [-0.2, -0.15) is 13.2 Å². The van der Waals surface area contributed by atoms with Gasteiger partial charge in [-0.25, -0.2) is 4.98 Å². The van der Waals surface area contributed by atoms with Crippen LogP contribution in [0.2, 0.25) is 10.0 Å². The third kappa shape index (κ3) is 4.32. The molecule has 0 saturated carbocycles. The number of para-hydroxylation sites is 1. The van der Waals surface area contributed by atoms with Gasteiger partial charge in [-0.05, 0) is 36.4 Å². The third-order valence-electron chi connectivity index (χ3n) is 5.90. The van der Waals surface area contributed by atoms with Crippen LogP contribution in [0.5, 0.6) is 0 Å². The van der Waals surface area contributed by atoms with E-state index >= 15 is 0 Å². The number of anilines is 1. The maximum Gasteiger partial charge on any atom is 0.449 e. The molecule has 0 aliphatic carbocycles. The van der Waals surface area contributed by atoms with Crippen LogP contribution in [0.1, 0.15) is 36.9 Å². The van der Waals surface area contributed by atoms with Crippen LogP contribution in [-0.4, -0.2) is 38.7 Å². The summed E-state index contributed by atoms with van der Waals surface area (Å²) in [7, 11) is 0. The van der Waals surface area contributed by atoms with Gasteiger partial charge in [0.15, 0.2) is 0 Å². The Morgan fingerprint density at radius 3 is 2.05 bits per heavy atom. The van der Waals surface area contributed by atoms with E-state index in [9.17, 15) is 27.6 Å². The zero-order chi connectivity index (χ0) is 26.5. The summed E-state index contributed by atoms with van der Waals surface area (Å²) in [5.41, 5.74) is 0.276. The van der Waals surface area contributed by atoms with Crippen molar-refractivity contribution in [2.45, 2.75) is 12.7 Å². The molecule has 0 saturated heterocycles. The van der Waals surface area contributed by atoms with Crippen molar-refractivity contribution in [3.8, 4) is 0 Å². The number of amides is 3. The zero-order valence-corrected chi connectivity index (χ0v) is 20.2. The molecule has 3 amide bonds. The molecule has 1 aliphatic heterocycles. The van der Waals surface area contributed by atoms with Crippen LogP contribution in [-0.2, 0) is 12.7 Å². The van der Waals surface area contributed by atoms with Gasteiger partial charge in [-0.3, -0.25) is 19.3 Å². The Kier molecular flexibility index (Phi) is 6.17. The van der Waals surface area contributed by atoms with E-state index in [1.165, 1.54) is 42.5 Å². The van der Waals surface area contributed by atoms with E-state index < -0.39 is 29.7 Å². The SMILES string of the molecule is O=C(Nc1cccc2c1nc(C(F)(F)F)n2CCN1C(=O)c2ccccc2C1=O)c1c(Cl)cccc1Cl. The predicted molar refractivity (Wildman–Crippen MR) is 131 cm³/mol. The third-order valence-corrected chi connectivity index (χ3v) is 6.53. The minimum Gasteiger partial charge on any atom is -0.320 e. The van der Waals surface area contributed by atoms with Gasteiger partial charge in [0.25, 0.3) is 17.7 Å². The molecular weight excluding hydrogens is 532 g/mol. The van der Waals surface area contributed by atoms with Gasteiger partial charge in [-0.15, -0.1) is 0 Å². The predicted octanol–water partition coefficient (Wildman–Crippen LogP) is 5.91. The number of halogens is 5. The van der Waals surface area contributed by atoms with E-state index in [4.69, 9.17) is 23.2 Å². The topological polar surface area (TPSA) is 84.3 Å². The van der Waals surface area contributed by atoms with Gasteiger partial charge in [0.1, 0.15) is 5.52 Å². The van der Waals surface area contributed by atoms with E-state index in [2.05, 4.69) is 10.3 Å². The van der Waals surface area contributed by atoms with E-state index in [-0.39, 0.29) is 56.5 Å². The number of imide groups is 1. The normalized spacial score (nSPS) is 13.4. The monoisotopic (exact) mass is 546 g/mol. The number of hydrogen-bond acceptors (Lipinski definition) is 4. The number of fused-ring (bicyclic) bond motifs is 2. The largest absolute Gasteiger partial charge is 0.449 e. The molecule has 3 aromatic carbocycles. The van der Waals surface area contributed by atoms with Crippen LogP contribution in [0.4, 0.5) is 18.9 Å². The van der Waals surface area contributed by atoms with Crippen molar-refractivity contribution in [1.29, 1.82) is 0 Å². The number of alkyl halides is 3. The van der Waals surface area contributed by atoms with Crippen molar-refractivity contribution in [2.24, 2.45) is 0 Å². The first-order valence-corrected chi connectivity index (χ1v) is 11.6. The van der Waals surface area contributed by atoms with Crippen molar-refractivity contribution in [2.75, 3.05) is 11.9 Å². The molecule has 1 aromatic heterocycles. The summed E-state index contributed by atoms with van der Waals surface area (Å²) in [4.78, 5) is 42.9. The second kappa shape index (κ2) is 9.20. The molecule has 7 nitrogen and oxygen atoms in total. The molecule has 5 rings (SSSR count). The fraction of sp³-hybridized carbons (Fsp3) is 0.120. The molecule has 1 aliphatic rings. The van der Waals surface area contributed by atoms with Crippen LogP contribution < -0.4 is 5.32 Å². The number of imidazole rings is 1. The fourth-order valence-corrected chi connectivity index (χ4v) is 4.80. The minimum absolute atomic E-state index is 0.00321. The Bertz CT molecular complexity index is 1540. The number of aromatic nitrogens is 2. The Hall–Kier alpha value is -3.89. The molecule has 1 N–H and O–H groups in total. The van der Waals surface area contributed by atoms with Crippen molar-refractivity contribution in [1.82, 2.24) is 14.5 Å². The van der Waals surface area contributed by atoms with E-state index in [1.807, 2.05) is 0 Å². The van der Waals surface area contributed by atoms with Crippen LogP contribution in [0.25, 0.3) is 11.0 Å². The van der Waals surface area contributed by atoms with Gasteiger partial charge in [0, 0.05) is 13.1 Å². The van der Waals surface area contributed by atoms with Gasteiger partial charge in [0.2, 0.25) is 5.82 Å². The highest BCUT2D eigenvalue weighted by Crippen LogP contribution is 2.35. The smallest absolute Gasteiger partial charge is 0.320 e. The summed E-state index contributed by atoms with van der Waals surface area (Å²) in [6.45, 7) is -0.683. The van der Waals surface area contributed by atoms with Crippen molar-refractivity contribution >= 4 is 57.6 Å². The van der Waals surface area contributed by atoms with Crippen LogP contribution in [0.15, 0.2) is 60.7 Å². The Morgan fingerprint density at radius 1 is 0.865 bits per heavy atom. The van der Waals surface area contributed by atoms with E-state index in [1.54, 1.807) is 18.2 Å². The molecule has 0 unspecified atom stereocenters. The molecule has 0 fully saturated rings. The summed E-state index contributed by atoms with van der Waals surface area (Å²) < 4.78 is 42.8. The molecule has 0 bridgehead atoms. The number of hydrogen-bond donors (Lipinski definition) is 1. The quantitative estimate of drug-likeness (QED) is 0.315. The van der Waals surface area contributed by atoms with Crippen LogP contribution in [0, 0.1) is 0 Å². The highest BCUT2D eigenvalue weighted by molar-refractivity contribution is 6.40. The lowest BCUT2D eigenvalue weighted by Crippen LogP contribution is -2.33. The van der Waals surface area contributed by atoms with Crippen molar-refractivity contribution < 1.29 is 27.6 Å². The zero-order valence-electron chi connectivity index (χ0n) is 18.6. The van der Waals surface area contributed by atoms with Crippen LogP contribution >= 0.6 is 23.2 Å². The molecule has 2 heterocycles. The first kappa shape index (κ1) is 24.8. The number of benzene rings is 3. The first-order chi connectivity index (χ1) is 17.6. The van der Waals surface area contributed by atoms with Gasteiger partial charge < -0.3 is 9.88 Å². The molecular formula is C25H15Cl2F3N4O3. The van der Waals surface area contributed by atoms with E-state index in [0.717, 1.165) is 9.47 Å². The van der Waals surface area contributed by atoms with E-state index in [0.29, 0.717) is 0 Å². The lowest BCUT2D eigenvalue weighted by Gasteiger charge is -2.17. The standard InChI is InChI=1S/C25H15Cl2F3N4O3/c26-15-7-3-8-16(27)19(15)21(35)31-17-9-4-10-18-20(17)32-24(25(28,29)30)33(18)11-12-34-22(36)13-5-1-2-6-14(13)23(34)37/h1-10H,11-12H2,(H,31,35). The summed E-state index contributed by atoms with van der Waals surface area (Å²) in [6.07, 6.45) is -4.85. The first-order valence-electron chi connectivity index (χ1n) is 10.8. The molecule has 0 spiro atoms. The number of carbonyl (C=O) groups excluding carboxylic acids is 3.